The van der Waals surface area contributed by atoms with Crippen LogP contribution < -0.4 is 10.5 Å². The molecule has 0 radical (unpaired) electrons. The van der Waals surface area contributed by atoms with Crippen molar-refractivity contribution in [2.24, 2.45) is 5.73 Å². The quantitative estimate of drug-likeness (QED) is 0.895. The van der Waals surface area contributed by atoms with Crippen molar-refractivity contribution < 1.29 is 18.6 Å². The van der Waals surface area contributed by atoms with E-state index < -0.39 is 12.5 Å². The van der Waals surface area contributed by atoms with Crippen LogP contribution in [0, 0.1) is 0 Å². The van der Waals surface area contributed by atoms with E-state index in [4.69, 9.17) is 10.5 Å². The van der Waals surface area contributed by atoms with Crippen LogP contribution >= 0.6 is 15.9 Å². The molecule has 0 unspecified atom stereocenters. The summed E-state index contributed by atoms with van der Waals surface area (Å²) in [4.78, 5) is 0. The van der Waals surface area contributed by atoms with Crippen molar-refractivity contribution in [2.75, 3.05) is 7.11 Å². The first-order valence-electron chi connectivity index (χ1n) is 4.07. The summed E-state index contributed by atoms with van der Waals surface area (Å²) in [5.41, 5.74) is 5.20. The van der Waals surface area contributed by atoms with Crippen LogP contribution in [0.3, 0.4) is 0 Å². The van der Waals surface area contributed by atoms with E-state index >= 15 is 0 Å². The van der Waals surface area contributed by atoms with Gasteiger partial charge in [-0.2, -0.15) is 0 Å². The molecule has 1 atom stereocenters. The van der Waals surface area contributed by atoms with E-state index in [9.17, 15) is 13.9 Å². The van der Waals surface area contributed by atoms with E-state index in [0.717, 1.165) is 0 Å². The number of hydrogen-bond acceptors (Lipinski definition) is 3. The molecule has 0 fully saturated rings. The number of aromatic hydroxyl groups is 1. The van der Waals surface area contributed by atoms with Gasteiger partial charge in [0, 0.05) is 10.0 Å². The van der Waals surface area contributed by atoms with E-state index in [1.807, 2.05) is 0 Å². The molecular weight excluding hydrogens is 272 g/mol. The zero-order valence-electron chi connectivity index (χ0n) is 7.88. The molecule has 0 aliphatic carbocycles. The highest BCUT2D eigenvalue weighted by atomic mass is 79.9. The highest BCUT2D eigenvalue weighted by Crippen LogP contribution is 2.37. The fourth-order valence-corrected chi connectivity index (χ4v) is 1.59. The summed E-state index contributed by atoms with van der Waals surface area (Å²) < 4.78 is 30.1. The van der Waals surface area contributed by atoms with E-state index in [0.29, 0.717) is 4.47 Å². The van der Waals surface area contributed by atoms with E-state index in [1.54, 1.807) is 0 Å². The second-order valence-corrected chi connectivity index (χ2v) is 3.82. The van der Waals surface area contributed by atoms with Crippen LogP contribution in [0.4, 0.5) is 8.78 Å². The molecule has 15 heavy (non-hydrogen) atoms. The van der Waals surface area contributed by atoms with Gasteiger partial charge in [-0.15, -0.1) is 0 Å². The third-order valence-corrected chi connectivity index (χ3v) is 2.38. The molecule has 0 saturated heterocycles. The molecular formula is C9H10BrF2NO2. The average molecular weight is 282 g/mol. The third-order valence-electron chi connectivity index (χ3n) is 1.92. The van der Waals surface area contributed by atoms with Crippen molar-refractivity contribution in [3.8, 4) is 11.5 Å². The highest BCUT2D eigenvalue weighted by molar-refractivity contribution is 9.10. The molecule has 0 saturated carbocycles. The maximum Gasteiger partial charge on any atom is 0.257 e. The molecule has 0 amide bonds. The number of halogens is 3. The van der Waals surface area contributed by atoms with Crippen LogP contribution in [0.25, 0.3) is 0 Å². The lowest BCUT2D eigenvalue weighted by molar-refractivity contribution is 0.115. The number of phenols is 1. The Kier molecular flexibility index (Phi) is 3.87. The SMILES string of the molecule is COc1cc(Br)cc([C@H](N)C(F)F)c1O. The molecule has 6 heteroatoms. The van der Waals surface area contributed by atoms with Gasteiger partial charge in [0.2, 0.25) is 0 Å². The van der Waals surface area contributed by atoms with Crippen molar-refractivity contribution in [2.45, 2.75) is 12.5 Å². The summed E-state index contributed by atoms with van der Waals surface area (Å²) in [6, 6.07) is 1.28. The van der Waals surface area contributed by atoms with Crippen LogP contribution in [-0.2, 0) is 0 Å². The lowest BCUT2D eigenvalue weighted by Gasteiger charge is -2.15. The molecule has 0 aliphatic heterocycles. The van der Waals surface area contributed by atoms with Gasteiger partial charge in [0.1, 0.15) is 0 Å². The van der Waals surface area contributed by atoms with Gasteiger partial charge >= 0.3 is 0 Å². The van der Waals surface area contributed by atoms with E-state index in [2.05, 4.69) is 15.9 Å². The van der Waals surface area contributed by atoms with Crippen molar-refractivity contribution in [3.63, 3.8) is 0 Å². The minimum absolute atomic E-state index is 0.0452. The molecule has 0 bridgehead atoms. The molecule has 0 heterocycles. The summed E-state index contributed by atoms with van der Waals surface area (Å²) in [6.45, 7) is 0. The fraction of sp³-hybridized carbons (Fsp3) is 0.333. The lowest BCUT2D eigenvalue weighted by Crippen LogP contribution is -2.19. The second kappa shape index (κ2) is 4.76. The summed E-state index contributed by atoms with van der Waals surface area (Å²) in [5.74, 6) is -0.246. The van der Waals surface area contributed by atoms with Crippen molar-refractivity contribution in [3.05, 3.63) is 22.2 Å². The molecule has 84 valence electrons. The lowest BCUT2D eigenvalue weighted by atomic mass is 10.1. The Morgan fingerprint density at radius 3 is 2.53 bits per heavy atom. The van der Waals surface area contributed by atoms with Crippen molar-refractivity contribution >= 4 is 15.9 Å². The van der Waals surface area contributed by atoms with Gasteiger partial charge in [-0.3, -0.25) is 0 Å². The summed E-state index contributed by atoms with van der Waals surface area (Å²) >= 11 is 3.11. The fourth-order valence-electron chi connectivity index (χ4n) is 1.14. The van der Waals surface area contributed by atoms with E-state index in [-0.39, 0.29) is 17.1 Å². The Morgan fingerprint density at radius 2 is 2.07 bits per heavy atom. The number of rotatable bonds is 3. The highest BCUT2D eigenvalue weighted by Gasteiger charge is 2.23. The molecule has 1 aromatic rings. The predicted octanol–water partition coefficient (Wildman–Crippen LogP) is 2.43. The zero-order chi connectivity index (χ0) is 11.6. The Morgan fingerprint density at radius 1 is 1.47 bits per heavy atom. The summed E-state index contributed by atoms with van der Waals surface area (Å²) in [7, 11) is 1.33. The Bertz CT molecular complexity index is 360. The first-order valence-corrected chi connectivity index (χ1v) is 4.86. The Labute approximate surface area is 94.0 Å². The van der Waals surface area contributed by atoms with Crippen molar-refractivity contribution in [1.29, 1.82) is 0 Å². The van der Waals surface area contributed by atoms with Gasteiger partial charge in [0.15, 0.2) is 11.5 Å². The number of phenolic OH excluding ortho intramolecular Hbond substituents is 1. The summed E-state index contributed by atoms with van der Waals surface area (Å²) in [5, 5.41) is 9.57. The monoisotopic (exact) mass is 281 g/mol. The first-order chi connectivity index (χ1) is 6.97. The largest absolute Gasteiger partial charge is 0.504 e. The molecule has 0 aliphatic rings. The Balaban J connectivity index is 3.22. The van der Waals surface area contributed by atoms with Crippen LogP contribution in [0.2, 0.25) is 0 Å². The maximum atomic E-state index is 12.4. The number of hydrogen-bond donors (Lipinski definition) is 2. The normalized spacial score (nSPS) is 12.9. The van der Waals surface area contributed by atoms with Gasteiger partial charge in [0.25, 0.3) is 6.43 Å². The molecule has 0 spiro atoms. The van der Waals surface area contributed by atoms with Gasteiger partial charge in [-0.1, -0.05) is 15.9 Å². The third kappa shape index (κ3) is 2.57. The first kappa shape index (κ1) is 12.2. The van der Waals surface area contributed by atoms with Gasteiger partial charge in [-0.25, -0.2) is 8.78 Å². The number of nitrogens with two attached hydrogens (primary N) is 1. The Hall–Kier alpha value is -0.880. The van der Waals surface area contributed by atoms with Crippen LogP contribution in [0.1, 0.15) is 11.6 Å². The summed E-state index contributed by atoms with van der Waals surface area (Å²) in [6.07, 6.45) is -2.74. The van der Waals surface area contributed by atoms with Gasteiger partial charge < -0.3 is 15.6 Å². The molecule has 3 nitrogen and oxygen atoms in total. The molecule has 0 aromatic heterocycles. The number of benzene rings is 1. The number of methoxy groups -OCH3 is 1. The van der Waals surface area contributed by atoms with Crippen LogP contribution in [-0.4, -0.2) is 18.6 Å². The van der Waals surface area contributed by atoms with Gasteiger partial charge in [0.05, 0.1) is 13.2 Å². The van der Waals surface area contributed by atoms with Gasteiger partial charge in [-0.05, 0) is 12.1 Å². The topological polar surface area (TPSA) is 55.5 Å². The minimum atomic E-state index is -2.74. The van der Waals surface area contributed by atoms with Crippen LogP contribution in [0.15, 0.2) is 16.6 Å². The zero-order valence-corrected chi connectivity index (χ0v) is 9.46. The number of alkyl halides is 2. The predicted molar refractivity (Wildman–Crippen MR) is 55.3 cm³/mol. The van der Waals surface area contributed by atoms with Crippen LogP contribution in [0.5, 0.6) is 11.5 Å². The molecule has 1 aromatic carbocycles. The minimum Gasteiger partial charge on any atom is -0.504 e. The molecule has 1 rings (SSSR count). The average Bonchev–Trinajstić information content (AvgIpc) is 2.19. The number of ether oxygens (including phenoxy) is 1. The van der Waals surface area contributed by atoms with E-state index in [1.165, 1.54) is 19.2 Å². The molecule has 3 N–H and O–H groups in total. The van der Waals surface area contributed by atoms with Crippen molar-refractivity contribution in [1.82, 2.24) is 0 Å². The maximum absolute atomic E-state index is 12.4. The smallest absolute Gasteiger partial charge is 0.257 e. The standard InChI is InChI=1S/C9H10BrF2NO2/c1-15-6-3-4(10)2-5(8(6)14)7(13)9(11)12/h2-3,7,9,14H,13H2,1H3/t7-/m0/s1. The second-order valence-electron chi connectivity index (χ2n) is 2.91.